The second-order valence-corrected chi connectivity index (χ2v) is 5.55. The molecule has 2 aromatic heterocycles. The van der Waals surface area contributed by atoms with Gasteiger partial charge in [0.25, 0.3) is 0 Å². The monoisotopic (exact) mass is 449 g/mol. The van der Waals surface area contributed by atoms with Gasteiger partial charge in [-0.3, -0.25) is 4.98 Å². The minimum Gasteiger partial charge on any atom is -0.361 e. The predicted octanol–water partition coefficient (Wildman–Crippen LogP) is 3.48. The number of hydrogen-bond acceptors (Lipinski definition) is 2. The fourth-order valence-electron chi connectivity index (χ4n) is 2.65. The van der Waals surface area contributed by atoms with Crippen LogP contribution in [0.4, 0.5) is 0 Å². The van der Waals surface area contributed by atoms with E-state index in [1.54, 1.807) is 6.20 Å². The highest BCUT2D eigenvalue weighted by Crippen LogP contribution is 2.17. The van der Waals surface area contributed by atoms with Crippen molar-refractivity contribution >= 4 is 40.8 Å². The van der Waals surface area contributed by atoms with E-state index in [1.165, 1.54) is 16.5 Å². The Balaban J connectivity index is 0.00000225. The Hall–Kier alpha value is -2.09. The topological polar surface area (TPSA) is 65.1 Å². The van der Waals surface area contributed by atoms with E-state index in [-0.39, 0.29) is 24.0 Å². The van der Waals surface area contributed by atoms with Gasteiger partial charge in [-0.15, -0.1) is 24.0 Å². The van der Waals surface area contributed by atoms with Gasteiger partial charge in [-0.25, -0.2) is 4.99 Å². The Morgan fingerprint density at radius 1 is 1.12 bits per heavy atom. The molecule has 0 unspecified atom stereocenters. The second kappa shape index (κ2) is 10.0. The highest BCUT2D eigenvalue weighted by atomic mass is 127. The van der Waals surface area contributed by atoms with Gasteiger partial charge in [-0.2, -0.15) is 0 Å². The maximum Gasteiger partial charge on any atom is 0.191 e. The number of hydrogen-bond donors (Lipinski definition) is 3. The standard InChI is InChI=1S/C19H23N5.HI/c1-2-20-19(24-14-16-7-5-6-11-21-16)22-12-10-15-13-23-18-9-4-3-8-17(15)18;/h3-9,11,13,23H,2,10,12,14H2,1H3,(H2,20,22,24);1H. The lowest BCUT2D eigenvalue weighted by Crippen LogP contribution is -2.38. The van der Waals surface area contributed by atoms with Crippen molar-refractivity contribution in [2.75, 3.05) is 13.1 Å². The summed E-state index contributed by atoms with van der Waals surface area (Å²) in [6.07, 6.45) is 4.82. The Labute approximate surface area is 165 Å². The van der Waals surface area contributed by atoms with Crippen molar-refractivity contribution in [3.8, 4) is 0 Å². The molecule has 0 bridgehead atoms. The number of guanidine groups is 1. The van der Waals surface area contributed by atoms with Crippen LogP contribution in [0, 0.1) is 0 Å². The average Bonchev–Trinajstić information content (AvgIpc) is 3.04. The van der Waals surface area contributed by atoms with E-state index in [1.807, 2.05) is 18.2 Å². The molecule has 2 heterocycles. The van der Waals surface area contributed by atoms with Crippen molar-refractivity contribution in [2.45, 2.75) is 19.9 Å². The number of fused-ring (bicyclic) bond motifs is 1. The third-order valence-corrected chi connectivity index (χ3v) is 3.83. The normalized spacial score (nSPS) is 11.2. The molecule has 0 atom stereocenters. The zero-order valence-corrected chi connectivity index (χ0v) is 16.7. The molecule has 25 heavy (non-hydrogen) atoms. The summed E-state index contributed by atoms with van der Waals surface area (Å²) in [5.74, 6) is 0.822. The fraction of sp³-hybridized carbons (Fsp3) is 0.263. The van der Waals surface area contributed by atoms with Gasteiger partial charge in [0.2, 0.25) is 0 Å². The van der Waals surface area contributed by atoms with Gasteiger partial charge < -0.3 is 15.6 Å². The summed E-state index contributed by atoms with van der Waals surface area (Å²) in [5, 5.41) is 7.95. The Morgan fingerprint density at radius 3 is 2.76 bits per heavy atom. The quantitative estimate of drug-likeness (QED) is 0.307. The number of nitrogens with one attached hydrogen (secondary N) is 3. The number of aromatic nitrogens is 2. The van der Waals surface area contributed by atoms with Crippen LogP contribution >= 0.6 is 24.0 Å². The van der Waals surface area contributed by atoms with E-state index in [4.69, 9.17) is 0 Å². The average molecular weight is 449 g/mol. The van der Waals surface area contributed by atoms with Crippen LogP contribution in [0.2, 0.25) is 0 Å². The molecule has 3 rings (SSSR count). The van der Waals surface area contributed by atoms with Crippen LogP contribution in [0.1, 0.15) is 18.2 Å². The van der Waals surface area contributed by atoms with Gasteiger partial charge in [-0.05, 0) is 37.1 Å². The summed E-state index contributed by atoms with van der Waals surface area (Å²) >= 11 is 0. The van der Waals surface area contributed by atoms with E-state index in [2.05, 4.69) is 63.0 Å². The van der Waals surface area contributed by atoms with Crippen molar-refractivity contribution in [3.63, 3.8) is 0 Å². The molecule has 0 aliphatic carbocycles. The predicted molar refractivity (Wildman–Crippen MR) is 114 cm³/mol. The molecule has 0 fully saturated rings. The number of aliphatic imine (C=N–C) groups is 1. The number of benzene rings is 1. The lowest BCUT2D eigenvalue weighted by Gasteiger charge is -2.11. The highest BCUT2D eigenvalue weighted by molar-refractivity contribution is 14.0. The van der Waals surface area contributed by atoms with Gasteiger partial charge in [-0.1, -0.05) is 24.3 Å². The minimum atomic E-state index is 0. The molecule has 5 nitrogen and oxygen atoms in total. The van der Waals surface area contributed by atoms with Crippen molar-refractivity contribution in [1.82, 2.24) is 20.6 Å². The van der Waals surface area contributed by atoms with E-state index < -0.39 is 0 Å². The lowest BCUT2D eigenvalue weighted by atomic mass is 10.1. The zero-order valence-electron chi connectivity index (χ0n) is 14.3. The molecule has 0 saturated heterocycles. The van der Waals surface area contributed by atoms with Crippen LogP contribution in [-0.4, -0.2) is 29.0 Å². The zero-order chi connectivity index (χ0) is 16.6. The van der Waals surface area contributed by atoms with Gasteiger partial charge in [0.1, 0.15) is 0 Å². The number of rotatable bonds is 6. The van der Waals surface area contributed by atoms with E-state index in [9.17, 15) is 0 Å². The number of pyridine rings is 1. The maximum atomic E-state index is 4.59. The molecule has 0 spiro atoms. The smallest absolute Gasteiger partial charge is 0.191 e. The number of halogens is 1. The van der Waals surface area contributed by atoms with Crippen molar-refractivity contribution in [1.29, 1.82) is 0 Å². The SMILES string of the molecule is CCNC(=NCc1ccccn1)NCCc1c[nH]c2ccccc12.I. The van der Waals surface area contributed by atoms with Crippen molar-refractivity contribution in [3.05, 3.63) is 66.1 Å². The van der Waals surface area contributed by atoms with Crippen LogP contribution in [0.15, 0.2) is 59.9 Å². The molecule has 0 amide bonds. The van der Waals surface area contributed by atoms with Crippen LogP contribution in [0.5, 0.6) is 0 Å². The molecule has 3 N–H and O–H groups in total. The first kappa shape index (κ1) is 19.2. The van der Waals surface area contributed by atoms with Crippen LogP contribution in [0.25, 0.3) is 10.9 Å². The summed E-state index contributed by atoms with van der Waals surface area (Å²) < 4.78 is 0. The number of H-pyrrole nitrogens is 1. The Morgan fingerprint density at radius 2 is 1.96 bits per heavy atom. The Bertz CT molecular complexity index is 798. The number of aromatic amines is 1. The summed E-state index contributed by atoms with van der Waals surface area (Å²) in [6.45, 7) is 4.30. The molecule has 132 valence electrons. The van der Waals surface area contributed by atoms with Crippen LogP contribution < -0.4 is 10.6 Å². The van der Waals surface area contributed by atoms with Gasteiger partial charge in [0.05, 0.1) is 12.2 Å². The molecular formula is C19H24IN5. The molecule has 0 aliphatic heterocycles. The third kappa shape index (κ3) is 5.45. The summed E-state index contributed by atoms with van der Waals surface area (Å²) in [7, 11) is 0. The fourth-order valence-corrected chi connectivity index (χ4v) is 2.65. The number of nitrogens with zero attached hydrogens (tertiary/aromatic N) is 2. The first-order chi connectivity index (χ1) is 11.9. The van der Waals surface area contributed by atoms with E-state index >= 15 is 0 Å². The highest BCUT2D eigenvalue weighted by Gasteiger charge is 2.03. The van der Waals surface area contributed by atoms with E-state index in [0.717, 1.165) is 31.2 Å². The van der Waals surface area contributed by atoms with Crippen molar-refractivity contribution in [2.24, 2.45) is 4.99 Å². The maximum absolute atomic E-state index is 4.59. The largest absolute Gasteiger partial charge is 0.361 e. The second-order valence-electron chi connectivity index (χ2n) is 5.55. The van der Waals surface area contributed by atoms with Crippen LogP contribution in [0.3, 0.4) is 0 Å². The summed E-state index contributed by atoms with van der Waals surface area (Å²) in [4.78, 5) is 12.2. The first-order valence-corrected chi connectivity index (χ1v) is 8.34. The van der Waals surface area contributed by atoms with E-state index in [0.29, 0.717) is 6.54 Å². The Kier molecular flexibility index (Phi) is 7.72. The molecule has 0 radical (unpaired) electrons. The van der Waals surface area contributed by atoms with Gasteiger partial charge >= 0.3 is 0 Å². The summed E-state index contributed by atoms with van der Waals surface area (Å²) in [5.41, 5.74) is 3.47. The minimum absolute atomic E-state index is 0. The summed E-state index contributed by atoms with van der Waals surface area (Å²) in [6, 6.07) is 14.3. The molecule has 0 saturated carbocycles. The van der Waals surface area contributed by atoms with Gasteiger partial charge in [0.15, 0.2) is 5.96 Å². The van der Waals surface area contributed by atoms with Gasteiger partial charge in [0, 0.05) is 36.4 Å². The third-order valence-electron chi connectivity index (χ3n) is 3.83. The van der Waals surface area contributed by atoms with Crippen molar-refractivity contribution < 1.29 is 0 Å². The van der Waals surface area contributed by atoms with Crippen LogP contribution in [-0.2, 0) is 13.0 Å². The molecule has 1 aromatic carbocycles. The molecule has 3 aromatic rings. The lowest BCUT2D eigenvalue weighted by molar-refractivity contribution is 0.798. The number of para-hydroxylation sites is 1. The molecule has 6 heteroatoms. The first-order valence-electron chi connectivity index (χ1n) is 8.34. The molecule has 0 aliphatic rings. The molecular weight excluding hydrogens is 425 g/mol.